The molecule has 2 rings (SSSR count). The van der Waals surface area contributed by atoms with Gasteiger partial charge in [0, 0.05) is 12.8 Å². The predicted molar refractivity (Wildman–Crippen MR) is 79.0 cm³/mol. The second kappa shape index (κ2) is 6.78. The van der Waals surface area contributed by atoms with Gasteiger partial charge in [0.25, 0.3) is 0 Å². The highest BCUT2D eigenvalue weighted by Gasteiger charge is 2.28. The summed E-state index contributed by atoms with van der Waals surface area (Å²) < 4.78 is 11.1. The molecule has 0 radical (unpaired) electrons. The molecule has 20 heavy (non-hydrogen) atoms. The Morgan fingerprint density at radius 1 is 1.15 bits per heavy atom. The molecule has 1 aromatic carbocycles. The molecular weight excluding hydrogens is 252 g/mol. The molecule has 0 N–H and O–H groups in total. The van der Waals surface area contributed by atoms with Crippen molar-refractivity contribution in [2.75, 3.05) is 0 Å². The highest BCUT2D eigenvalue weighted by molar-refractivity contribution is 5.66. The van der Waals surface area contributed by atoms with Crippen LogP contribution in [0.4, 0.5) is 0 Å². The zero-order valence-electron chi connectivity index (χ0n) is 12.6. The highest BCUT2D eigenvalue weighted by atomic mass is 16.5. The van der Waals surface area contributed by atoms with Crippen LogP contribution in [0.5, 0.6) is 5.75 Å². The first-order valence-corrected chi connectivity index (χ1v) is 7.50. The van der Waals surface area contributed by atoms with Crippen LogP contribution in [-0.4, -0.2) is 18.2 Å². The molecule has 0 heterocycles. The third kappa shape index (κ3) is 3.99. The lowest BCUT2D eigenvalue weighted by Crippen LogP contribution is -2.27. The second-order valence-corrected chi connectivity index (χ2v) is 5.77. The Hall–Kier alpha value is -1.51. The normalized spacial score (nSPS) is 22.6. The largest absolute Gasteiger partial charge is 0.491 e. The molecule has 1 saturated carbocycles. The molecule has 0 saturated heterocycles. The maximum absolute atomic E-state index is 11.2. The third-order valence-corrected chi connectivity index (χ3v) is 3.70. The van der Waals surface area contributed by atoms with Crippen molar-refractivity contribution in [2.24, 2.45) is 0 Å². The second-order valence-electron chi connectivity index (χ2n) is 5.77. The lowest BCUT2D eigenvalue weighted by atomic mass is 9.81. The lowest BCUT2D eigenvalue weighted by molar-refractivity contribution is -0.148. The summed E-state index contributed by atoms with van der Waals surface area (Å²) in [6.07, 6.45) is 4.61. The van der Waals surface area contributed by atoms with E-state index in [0.717, 1.165) is 25.0 Å². The summed E-state index contributed by atoms with van der Waals surface area (Å²) in [6.45, 7) is 5.53. The molecule has 0 bridgehead atoms. The zero-order chi connectivity index (χ0) is 14.5. The number of hydrogen-bond donors (Lipinski definition) is 0. The Morgan fingerprint density at radius 2 is 1.80 bits per heavy atom. The van der Waals surface area contributed by atoms with Crippen LogP contribution >= 0.6 is 0 Å². The number of rotatable bonds is 4. The Balaban J connectivity index is 2.09. The summed E-state index contributed by atoms with van der Waals surface area (Å²) in [4.78, 5) is 11.2. The van der Waals surface area contributed by atoms with Gasteiger partial charge in [-0.3, -0.25) is 4.79 Å². The first-order chi connectivity index (χ1) is 9.56. The molecule has 0 aromatic heterocycles. The SMILES string of the molecule is CC(=O)O[C@H]1CCCC[C@@H]1c1ccc(OC(C)C)cc1. The molecule has 2 atom stereocenters. The van der Waals surface area contributed by atoms with E-state index in [2.05, 4.69) is 12.1 Å². The number of carbonyl (C=O) groups is 1. The molecular formula is C17H24O3. The van der Waals surface area contributed by atoms with Gasteiger partial charge in [0.2, 0.25) is 0 Å². The fourth-order valence-corrected chi connectivity index (χ4v) is 2.90. The fraction of sp³-hybridized carbons (Fsp3) is 0.588. The van der Waals surface area contributed by atoms with Crippen molar-refractivity contribution < 1.29 is 14.3 Å². The van der Waals surface area contributed by atoms with Crippen LogP contribution in [0, 0.1) is 0 Å². The summed E-state index contributed by atoms with van der Waals surface area (Å²) >= 11 is 0. The van der Waals surface area contributed by atoms with E-state index in [1.54, 1.807) is 0 Å². The van der Waals surface area contributed by atoms with Crippen molar-refractivity contribution in [3.63, 3.8) is 0 Å². The number of esters is 1. The first-order valence-electron chi connectivity index (χ1n) is 7.50. The zero-order valence-corrected chi connectivity index (χ0v) is 12.6. The van der Waals surface area contributed by atoms with E-state index >= 15 is 0 Å². The van der Waals surface area contributed by atoms with E-state index in [1.807, 2.05) is 26.0 Å². The van der Waals surface area contributed by atoms with Crippen LogP contribution < -0.4 is 4.74 Å². The average molecular weight is 276 g/mol. The Labute approximate surface area is 121 Å². The standard InChI is InChI=1S/C17H24O3/c1-12(2)19-15-10-8-14(9-11-15)16-6-4-5-7-17(16)20-13(3)18/h8-12,16-17H,4-7H2,1-3H3/t16-,17+/m1/s1. The lowest BCUT2D eigenvalue weighted by Gasteiger charge is -2.31. The Kier molecular flexibility index (Phi) is 5.05. The molecule has 0 spiro atoms. The summed E-state index contributed by atoms with van der Waals surface area (Å²) in [6, 6.07) is 8.22. The van der Waals surface area contributed by atoms with Gasteiger partial charge < -0.3 is 9.47 Å². The van der Waals surface area contributed by atoms with Gasteiger partial charge in [-0.05, 0) is 50.8 Å². The fourth-order valence-electron chi connectivity index (χ4n) is 2.90. The molecule has 0 unspecified atom stereocenters. The van der Waals surface area contributed by atoms with Gasteiger partial charge in [-0.2, -0.15) is 0 Å². The number of carbonyl (C=O) groups excluding carboxylic acids is 1. The Morgan fingerprint density at radius 3 is 2.40 bits per heavy atom. The topological polar surface area (TPSA) is 35.5 Å². The molecule has 110 valence electrons. The molecule has 1 aliphatic carbocycles. The molecule has 1 aliphatic rings. The van der Waals surface area contributed by atoms with Gasteiger partial charge >= 0.3 is 5.97 Å². The van der Waals surface area contributed by atoms with Gasteiger partial charge in [-0.15, -0.1) is 0 Å². The molecule has 3 nitrogen and oxygen atoms in total. The van der Waals surface area contributed by atoms with Crippen LogP contribution in [-0.2, 0) is 9.53 Å². The molecule has 1 fully saturated rings. The van der Waals surface area contributed by atoms with Crippen LogP contribution in [0.25, 0.3) is 0 Å². The minimum absolute atomic E-state index is 0.0260. The van der Waals surface area contributed by atoms with Crippen LogP contribution in [0.2, 0.25) is 0 Å². The van der Waals surface area contributed by atoms with Gasteiger partial charge in [-0.25, -0.2) is 0 Å². The quantitative estimate of drug-likeness (QED) is 0.778. The van der Waals surface area contributed by atoms with Crippen molar-refractivity contribution in [1.29, 1.82) is 0 Å². The van der Waals surface area contributed by atoms with E-state index in [4.69, 9.17) is 9.47 Å². The van der Waals surface area contributed by atoms with Crippen molar-refractivity contribution in [1.82, 2.24) is 0 Å². The van der Waals surface area contributed by atoms with Crippen molar-refractivity contribution in [2.45, 2.75) is 64.6 Å². The van der Waals surface area contributed by atoms with Gasteiger partial charge in [0.05, 0.1) is 6.10 Å². The molecule has 0 aliphatic heterocycles. The molecule has 3 heteroatoms. The minimum atomic E-state index is -0.179. The van der Waals surface area contributed by atoms with Crippen LogP contribution in [0.1, 0.15) is 57.9 Å². The first kappa shape index (κ1) is 14.9. The molecule has 0 amide bonds. The summed E-state index contributed by atoms with van der Waals surface area (Å²) in [5, 5.41) is 0. The summed E-state index contributed by atoms with van der Waals surface area (Å²) in [5.74, 6) is 1.03. The van der Waals surface area contributed by atoms with Crippen molar-refractivity contribution in [3.05, 3.63) is 29.8 Å². The maximum Gasteiger partial charge on any atom is 0.302 e. The van der Waals surface area contributed by atoms with Gasteiger partial charge in [0.15, 0.2) is 0 Å². The van der Waals surface area contributed by atoms with E-state index in [1.165, 1.54) is 18.9 Å². The minimum Gasteiger partial charge on any atom is -0.491 e. The van der Waals surface area contributed by atoms with E-state index in [0.29, 0.717) is 5.92 Å². The third-order valence-electron chi connectivity index (χ3n) is 3.70. The smallest absolute Gasteiger partial charge is 0.302 e. The van der Waals surface area contributed by atoms with E-state index in [-0.39, 0.29) is 18.2 Å². The van der Waals surface area contributed by atoms with Gasteiger partial charge in [0.1, 0.15) is 11.9 Å². The maximum atomic E-state index is 11.2. The predicted octanol–water partition coefficient (Wildman–Crippen LogP) is 4.06. The number of benzene rings is 1. The summed E-state index contributed by atoms with van der Waals surface area (Å²) in [7, 11) is 0. The molecule has 1 aromatic rings. The van der Waals surface area contributed by atoms with Crippen molar-refractivity contribution >= 4 is 5.97 Å². The van der Waals surface area contributed by atoms with Crippen molar-refractivity contribution in [3.8, 4) is 5.75 Å². The van der Waals surface area contributed by atoms with Crippen LogP contribution in [0.15, 0.2) is 24.3 Å². The van der Waals surface area contributed by atoms with Crippen LogP contribution in [0.3, 0.4) is 0 Å². The number of hydrogen-bond acceptors (Lipinski definition) is 3. The van der Waals surface area contributed by atoms with Gasteiger partial charge in [-0.1, -0.05) is 18.6 Å². The Bertz CT molecular complexity index is 436. The highest BCUT2D eigenvalue weighted by Crippen LogP contribution is 2.35. The summed E-state index contributed by atoms with van der Waals surface area (Å²) in [5.41, 5.74) is 1.24. The van der Waals surface area contributed by atoms with E-state index in [9.17, 15) is 4.79 Å². The number of ether oxygens (including phenoxy) is 2. The monoisotopic (exact) mass is 276 g/mol. The van der Waals surface area contributed by atoms with E-state index < -0.39 is 0 Å². The average Bonchev–Trinajstić information content (AvgIpc) is 2.39.